The number of ketones is 3. The number of Topliss-reactive ketones (excluding diaryl/α,β-unsaturated/α-hetero) is 3. The Labute approximate surface area is 449 Å². The Morgan fingerprint density at radius 1 is 0.910 bits per heavy atom. The van der Waals surface area contributed by atoms with Crippen LogP contribution in [-0.2, 0) is 30.3 Å². The van der Waals surface area contributed by atoms with Gasteiger partial charge >= 0.3 is 23.6 Å². The number of hydrogen-bond acceptors (Lipinski definition) is 19. The molecule has 0 radical (unpaired) electrons. The number of nitrogens with zero attached hydrogens (tertiary/aromatic N) is 5. The number of methoxy groups -OCH3 is 1. The number of allylic oxidation sites excluding steroid dienone is 4. The summed E-state index contributed by atoms with van der Waals surface area (Å²) in [5, 5.41) is 48.6. The van der Waals surface area contributed by atoms with Gasteiger partial charge in [0.05, 0.1) is 47.8 Å². The number of phenols is 1. The molecule has 6 heterocycles. The third-order valence-electron chi connectivity index (χ3n) is 15.2. The van der Waals surface area contributed by atoms with Crippen LogP contribution < -0.4 is 19.5 Å². The van der Waals surface area contributed by atoms with Crippen molar-refractivity contribution in [2.45, 2.75) is 105 Å². The lowest BCUT2D eigenvalue weighted by molar-refractivity contribution is -0.389. The van der Waals surface area contributed by atoms with Crippen molar-refractivity contribution in [2.24, 2.45) is 23.7 Å². The molecule has 6 aliphatic rings. The number of aromatic hydroxyl groups is 1. The number of carbonyl (C=O) groups is 6. The fourth-order valence-corrected chi connectivity index (χ4v) is 10.6. The number of amides is 2. The molecule has 78 heavy (non-hydrogen) atoms. The van der Waals surface area contributed by atoms with E-state index in [1.54, 1.807) is 69.9 Å². The Morgan fingerprint density at radius 2 is 1.59 bits per heavy atom. The van der Waals surface area contributed by atoms with Crippen molar-refractivity contribution < 1.29 is 77.4 Å². The highest BCUT2D eigenvalue weighted by molar-refractivity contribution is 6.32. The van der Waals surface area contributed by atoms with E-state index >= 15 is 4.79 Å². The third kappa shape index (κ3) is 10.6. The van der Waals surface area contributed by atoms with Crippen LogP contribution in [0.2, 0.25) is 0 Å². The SMILES string of the molecule is CO[C@H]1C=CO[C@@]2(C)Oc3c(C)c(O)c4c(c3C2=O)C(=O)C(N2CCN(C(=O)c3ccc(OCC5(C)Cn6cc([N+](=O)[O-])nc6O5)cc3)CC2)=C(NC(=O)C(C)=CC=C[C@H](C)[C@H](O)[C@@H](C)[C@@H](O)[C@@H](C)[C@H](OC(C)=O)[C@@H]1C)C4=O. The Morgan fingerprint density at radius 3 is 2.22 bits per heavy atom. The number of aliphatic hydroxyl groups is 2. The average Bonchev–Trinajstić information content (AvgIpc) is 4.13. The predicted octanol–water partition coefficient (Wildman–Crippen LogP) is 4.75. The molecule has 2 amide bonds. The van der Waals surface area contributed by atoms with E-state index in [2.05, 4.69) is 10.3 Å². The number of fused-ring (bicyclic) bond motifs is 15. The number of piperazine rings is 1. The van der Waals surface area contributed by atoms with Crippen molar-refractivity contribution in [1.29, 1.82) is 0 Å². The summed E-state index contributed by atoms with van der Waals surface area (Å²) in [7, 11) is 1.40. The second-order valence-electron chi connectivity index (χ2n) is 20.9. The van der Waals surface area contributed by atoms with E-state index in [-0.39, 0.29) is 85.2 Å². The smallest absolute Gasteiger partial charge is 0.415 e. The number of imidazole rings is 1. The van der Waals surface area contributed by atoms with Gasteiger partial charge in [-0.25, -0.2) is 0 Å². The highest BCUT2D eigenvalue weighted by Crippen LogP contribution is 2.49. The van der Waals surface area contributed by atoms with Crippen LogP contribution >= 0.6 is 0 Å². The van der Waals surface area contributed by atoms with E-state index < -0.39 is 116 Å². The molecule has 5 bridgehead atoms. The maximum atomic E-state index is 15.3. The summed E-state index contributed by atoms with van der Waals surface area (Å²) in [4.78, 5) is 103. The molecule has 2 aromatic carbocycles. The summed E-state index contributed by atoms with van der Waals surface area (Å²) in [6.45, 7) is 14.3. The van der Waals surface area contributed by atoms with Crippen LogP contribution in [0.15, 0.2) is 78.0 Å². The monoisotopic (exact) mass is 1080 g/mol. The van der Waals surface area contributed by atoms with Gasteiger partial charge in [0.25, 0.3) is 17.6 Å². The molecule has 1 unspecified atom stereocenters. The van der Waals surface area contributed by atoms with Gasteiger partial charge in [-0.3, -0.25) is 33.3 Å². The van der Waals surface area contributed by atoms with Gasteiger partial charge in [-0.2, -0.15) is 0 Å². The summed E-state index contributed by atoms with van der Waals surface area (Å²) in [5.74, 6) is -10.2. The van der Waals surface area contributed by atoms with Gasteiger partial charge in [-0.05, 0) is 56.0 Å². The molecule has 1 fully saturated rings. The molecular weight excluding hydrogens is 1020 g/mol. The highest BCUT2D eigenvalue weighted by Gasteiger charge is 2.53. The minimum atomic E-state index is -2.17. The van der Waals surface area contributed by atoms with Gasteiger partial charge in [0.1, 0.15) is 47.6 Å². The average molecular weight is 1080 g/mol. The van der Waals surface area contributed by atoms with Crippen LogP contribution in [0.1, 0.15) is 102 Å². The van der Waals surface area contributed by atoms with Gasteiger partial charge in [-0.1, -0.05) is 45.9 Å². The van der Waals surface area contributed by atoms with E-state index in [1.165, 1.54) is 68.7 Å². The molecule has 9 rings (SSSR count). The van der Waals surface area contributed by atoms with E-state index in [0.717, 1.165) is 6.26 Å². The molecule has 4 N–H and O–H groups in total. The minimum absolute atomic E-state index is 0.0214. The molecule has 3 aromatic rings. The van der Waals surface area contributed by atoms with Gasteiger partial charge in [-0.15, -0.1) is 0 Å². The van der Waals surface area contributed by atoms with Crippen molar-refractivity contribution in [3.8, 4) is 23.3 Å². The molecule has 0 spiro atoms. The fraction of sp³-hybridized carbons (Fsp3) is 0.473. The number of esters is 1. The number of ether oxygens (including phenoxy) is 6. The van der Waals surface area contributed by atoms with Crippen LogP contribution in [0, 0.1) is 40.7 Å². The molecule has 5 aliphatic heterocycles. The summed E-state index contributed by atoms with van der Waals surface area (Å²) in [6.07, 6.45) is 4.36. The topological polar surface area (TPSA) is 298 Å². The summed E-state index contributed by atoms with van der Waals surface area (Å²) in [5.41, 5.74) is -2.65. The van der Waals surface area contributed by atoms with Crippen molar-refractivity contribution in [1.82, 2.24) is 24.7 Å². The van der Waals surface area contributed by atoms with E-state index in [9.17, 15) is 49.4 Å². The van der Waals surface area contributed by atoms with Crippen LogP contribution in [0.4, 0.5) is 5.82 Å². The first-order valence-corrected chi connectivity index (χ1v) is 25.5. The first kappa shape index (κ1) is 56.3. The molecule has 23 nitrogen and oxygen atoms in total. The fourth-order valence-electron chi connectivity index (χ4n) is 10.6. The number of nitrogens with one attached hydrogen (secondary N) is 1. The lowest BCUT2D eigenvalue weighted by Crippen LogP contribution is -2.51. The van der Waals surface area contributed by atoms with Crippen molar-refractivity contribution in [3.63, 3.8) is 0 Å². The highest BCUT2D eigenvalue weighted by atomic mass is 16.7. The molecule has 23 heteroatoms. The number of phenolic OH excluding ortho intramolecular Hbond substituents is 1. The second kappa shape index (κ2) is 21.9. The van der Waals surface area contributed by atoms with E-state index in [0.29, 0.717) is 11.3 Å². The number of nitro groups is 1. The van der Waals surface area contributed by atoms with Crippen LogP contribution in [0.5, 0.6) is 23.3 Å². The maximum absolute atomic E-state index is 15.3. The van der Waals surface area contributed by atoms with Crippen molar-refractivity contribution in [3.05, 3.63) is 116 Å². The zero-order chi connectivity index (χ0) is 56.9. The van der Waals surface area contributed by atoms with Gasteiger partial charge in [0.2, 0.25) is 11.6 Å². The van der Waals surface area contributed by atoms with Gasteiger partial charge in [0, 0.05) is 92.5 Å². The zero-order valence-electron chi connectivity index (χ0n) is 44.9. The largest absolute Gasteiger partial charge is 0.507 e. The Hall–Kier alpha value is -7.89. The number of carbonyl (C=O) groups excluding carboxylic acids is 6. The number of aromatic nitrogens is 2. The van der Waals surface area contributed by atoms with Crippen LogP contribution in [-0.4, -0.2) is 150 Å². The van der Waals surface area contributed by atoms with Gasteiger partial charge in [0.15, 0.2) is 5.60 Å². The molecule has 1 aliphatic carbocycles. The van der Waals surface area contributed by atoms with Crippen LogP contribution in [0.3, 0.4) is 0 Å². The maximum Gasteiger partial charge on any atom is 0.415 e. The summed E-state index contributed by atoms with van der Waals surface area (Å²) >= 11 is 0. The van der Waals surface area contributed by atoms with E-state index in [4.69, 9.17) is 28.4 Å². The Bertz CT molecular complexity index is 3060. The first-order chi connectivity index (χ1) is 36.8. The first-order valence-electron chi connectivity index (χ1n) is 25.5. The standard InChI is InChI=1S/C55H64N6O17/c1-27-12-11-13-28(2)51(69)57-41-42(58-19-21-59(22-20-58)52(70)34-14-16-35(17-15-34)74-26-54(8)25-60-24-37(61(71)72)56-53(60)78-54)47(67)38-39(46(41)66)45(65)32(6)49-40(38)50(68)55(9,77-49)75-23-18-36(73-10)29(3)48(76-33(7)62)31(5)44(64)30(4)43(27)63/h11-18,23-24,27,29-31,36,43-44,48,63-65H,19-22,25-26H2,1-10H3,(H,57,69)/t27-,29+,30+,31+,36-,43-,44+,48+,54?,55-/m0/s1. The van der Waals surface area contributed by atoms with Crippen molar-refractivity contribution >= 4 is 41.0 Å². The molecule has 1 saturated heterocycles. The molecule has 0 saturated carbocycles. The van der Waals surface area contributed by atoms with Crippen LogP contribution in [0.25, 0.3) is 0 Å². The van der Waals surface area contributed by atoms with Gasteiger partial charge < -0.3 is 69.0 Å². The Balaban J connectivity index is 1.08. The lowest BCUT2D eigenvalue weighted by atomic mass is 9.78. The summed E-state index contributed by atoms with van der Waals surface area (Å²) in [6, 6.07) is 6.51. The van der Waals surface area contributed by atoms with Crippen molar-refractivity contribution in [2.75, 3.05) is 39.9 Å². The number of aliphatic hydroxyl groups excluding tert-OH is 2. The normalized spacial score (nSPS) is 28.6. The minimum Gasteiger partial charge on any atom is -0.507 e. The molecule has 1 aromatic heterocycles. The predicted molar refractivity (Wildman–Crippen MR) is 276 cm³/mol. The summed E-state index contributed by atoms with van der Waals surface area (Å²) < 4.78 is 37.1. The number of rotatable bonds is 8. The number of hydrogen-bond donors (Lipinski definition) is 4. The molecule has 416 valence electrons. The quantitative estimate of drug-likeness (QED) is 0.134. The molecular formula is C55H64N6O17. The molecule has 10 atom stereocenters. The number of benzene rings is 2. The lowest BCUT2D eigenvalue weighted by Gasteiger charge is -2.39. The third-order valence-corrected chi connectivity index (χ3v) is 15.2. The Kier molecular flexibility index (Phi) is 15.8. The second-order valence-corrected chi connectivity index (χ2v) is 20.9. The van der Waals surface area contributed by atoms with E-state index in [1.807, 2.05) is 0 Å². The zero-order valence-corrected chi connectivity index (χ0v) is 44.9.